The molecule has 3 fully saturated rings. The number of hydrogen-bond donors (Lipinski definition) is 0. The second kappa shape index (κ2) is 7.59. The van der Waals surface area contributed by atoms with Gasteiger partial charge in [-0.3, -0.25) is 14.6 Å². The number of thioether (sulfide) groups is 1. The average Bonchev–Trinajstić information content (AvgIpc) is 3.07. The highest BCUT2D eigenvalue weighted by Crippen LogP contribution is 2.48. The molecule has 1 atom stereocenters. The molecule has 1 unspecified atom stereocenters. The zero-order valence-electron chi connectivity index (χ0n) is 15.2. The van der Waals surface area contributed by atoms with E-state index in [0.717, 1.165) is 44.0 Å². The summed E-state index contributed by atoms with van der Waals surface area (Å²) in [5.74, 6) is 2.37. The fraction of sp³-hybridized carbons (Fsp3) is 0.650. The summed E-state index contributed by atoms with van der Waals surface area (Å²) in [6.07, 6.45) is 9.08. The van der Waals surface area contributed by atoms with Gasteiger partial charge in [-0.05, 0) is 25.0 Å². The van der Waals surface area contributed by atoms with Crippen molar-refractivity contribution in [1.29, 1.82) is 0 Å². The molecule has 4 rings (SSSR count). The lowest BCUT2D eigenvalue weighted by atomic mass is 9.67. The Labute approximate surface area is 159 Å². The largest absolute Gasteiger partial charge is 0.341 e. The van der Waals surface area contributed by atoms with Crippen LogP contribution >= 0.6 is 11.8 Å². The maximum Gasteiger partial charge on any atom is 0.254 e. The van der Waals surface area contributed by atoms with Gasteiger partial charge in [-0.15, -0.1) is 0 Å². The van der Waals surface area contributed by atoms with Gasteiger partial charge in [-0.25, -0.2) is 0 Å². The van der Waals surface area contributed by atoms with Crippen LogP contribution in [0.25, 0.3) is 0 Å². The average molecular weight is 374 g/mol. The molecule has 1 spiro atoms. The number of amides is 2. The van der Waals surface area contributed by atoms with E-state index in [0.29, 0.717) is 12.1 Å². The van der Waals surface area contributed by atoms with Gasteiger partial charge in [0.2, 0.25) is 5.91 Å². The quantitative estimate of drug-likeness (QED) is 0.800. The van der Waals surface area contributed by atoms with Crippen molar-refractivity contribution >= 4 is 23.6 Å². The highest BCUT2D eigenvalue weighted by Gasteiger charge is 2.52. The van der Waals surface area contributed by atoms with Crippen LogP contribution in [0.1, 0.15) is 42.5 Å². The molecule has 3 heterocycles. The molecule has 2 amide bonds. The molecule has 3 aliphatic rings. The van der Waals surface area contributed by atoms with Crippen LogP contribution < -0.4 is 0 Å². The van der Waals surface area contributed by atoms with E-state index in [2.05, 4.69) is 9.88 Å². The van der Waals surface area contributed by atoms with Crippen LogP contribution in [0.5, 0.6) is 0 Å². The lowest BCUT2D eigenvalue weighted by Crippen LogP contribution is -2.47. The Balaban J connectivity index is 1.57. The fourth-order valence-corrected chi connectivity index (χ4v) is 5.81. The van der Waals surface area contributed by atoms with Crippen molar-refractivity contribution in [2.75, 3.05) is 37.7 Å². The highest BCUT2D eigenvalue weighted by atomic mass is 32.2. The number of carbonyl (C=O) groups is 2. The maximum atomic E-state index is 13.3. The van der Waals surface area contributed by atoms with Crippen molar-refractivity contribution in [3.63, 3.8) is 0 Å². The minimum absolute atomic E-state index is 0.0113. The molecule has 26 heavy (non-hydrogen) atoms. The molecule has 0 aromatic carbocycles. The molecule has 0 bridgehead atoms. The molecule has 1 aliphatic carbocycles. The molecule has 0 N–H and O–H groups in total. The van der Waals surface area contributed by atoms with Gasteiger partial charge in [0.15, 0.2) is 0 Å². The van der Waals surface area contributed by atoms with Gasteiger partial charge < -0.3 is 9.80 Å². The molecule has 0 radical (unpaired) electrons. The van der Waals surface area contributed by atoms with Gasteiger partial charge in [-0.1, -0.05) is 19.3 Å². The van der Waals surface area contributed by atoms with Crippen LogP contribution in [-0.2, 0) is 4.79 Å². The number of pyridine rings is 1. The molecule has 6 heteroatoms. The number of hydrogen-bond acceptors (Lipinski definition) is 4. The number of carbonyl (C=O) groups excluding carboxylic acids is 2. The minimum atomic E-state index is -0.0308. The summed E-state index contributed by atoms with van der Waals surface area (Å²) in [5.41, 5.74) is 0.663. The zero-order valence-corrected chi connectivity index (χ0v) is 16.0. The molecular weight excluding hydrogens is 346 g/mol. The molecule has 1 aromatic heterocycles. The highest BCUT2D eigenvalue weighted by molar-refractivity contribution is 7.99. The summed E-state index contributed by atoms with van der Waals surface area (Å²) in [7, 11) is 0. The summed E-state index contributed by atoms with van der Waals surface area (Å²) in [5, 5.41) is 0. The molecule has 5 nitrogen and oxygen atoms in total. The van der Waals surface area contributed by atoms with E-state index >= 15 is 0 Å². The number of rotatable bonds is 2. The number of nitrogens with zero attached hydrogens (tertiary/aromatic N) is 3. The van der Waals surface area contributed by atoms with Crippen molar-refractivity contribution in [3.05, 3.63) is 30.1 Å². The monoisotopic (exact) mass is 373 g/mol. The first-order valence-electron chi connectivity index (χ1n) is 9.75. The summed E-state index contributed by atoms with van der Waals surface area (Å²) in [4.78, 5) is 34.3. The van der Waals surface area contributed by atoms with Gasteiger partial charge in [0, 0.05) is 61.1 Å². The molecule has 140 valence electrons. The van der Waals surface area contributed by atoms with Crippen molar-refractivity contribution in [1.82, 2.24) is 14.8 Å². The van der Waals surface area contributed by atoms with E-state index in [4.69, 9.17) is 0 Å². The molecule has 1 aromatic rings. The first kappa shape index (κ1) is 17.8. The first-order chi connectivity index (χ1) is 12.7. The normalized spacial score (nSPS) is 25.5. The number of aromatic nitrogens is 1. The minimum Gasteiger partial charge on any atom is -0.341 e. The van der Waals surface area contributed by atoms with Crippen molar-refractivity contribution in [2.24, 2.45) is 11.3 Å². The third-order valence-corrected chi connectivity index (χ3v) is 7.28. The van der Waals surface area contributed by atoms with Gasteiger partial charge >= 0.3 is 0 Å². The van der Waals surface area contributed by atoms with Crippen LogP contribution in [-0.4, -0.2) is 64.3 Å². The van der Waals surface area contributed by atoms with Gasteiger partial charge in [0.25, 0.3) is 5.91 Å². The second-order valence-electron chi connectivity index (χ2n) is 7.83. The van der Waals surface area contributed by atoms with Crippen molar-refractivity contribution < 1.29 is 9.59 Å². The standard InChI is InChI=1S/C20H27N3O2S/c24-18(16-4-8-21-9-5-16)23-14-17(19(25)22-10-12-26-13-11-22)20(15-23)6-2-1-3-7-20/h4-5,8-9,17H,1-3,6-7,10-15H2. The topological polar surface area (TPSA) is 53.5 Å². The smallest absolute Gasteiger partial charge is 0.254 e. The lowest BCUT2D eigenvalue weighted by Gasteiger charge is -2.40. The maximum absolute atomic E-state index is 13.3. The SMILES string of the molecule is O=C(c1ccncc1)N1CC(C(=O)N2CCSCC2)C2(CCCCC2)C1. The Morgan fingerprint density at radius 1 is 1.04 bits per heavy atom. The Morgan fingerprint density at radius 2 is 1.73 bits per heavy atom. The summed E-state index contributed by atoms with van der Waals surface area (Å²) in [6.45, 7) is 3.01. The van der Waals surface area contributed by atoms with Gasteiger partial charge in [-0.2, -0.15) is 11.8 Å². The first-order valence-corrected chi connectivity index (χ1v) is 10.9. The molecule has 1 saturated carbocycles. The van der Waals surface area contributed by atoms with E-state index in [1.807, 2.05) is 16.7 Å². The summed E-state index contributed by atoms with van der Waals surface area (Å²) < 4.78 is 0. The van der Waals surface area contributed by atoms with E-state index in [1.54, 1.807) is 24.5 Å². The Morgan fingerprint density at radius 3 is 2.42 bits per heavy atom. The van der Waals surface area contributed by atoms with Gasteiger partial charge in [0.05, 0.1) is 5.92 Å². The Kier molecular flexibility index (Phi) is 5.20. The van der Waals surface area contributed by atoms with Gasteiger partial charge in [0.1, 0.15) is 0 Å². The van der Waals surface area contributed by atoms with E-state index in [9.17, 15) is 9.59 Å². The lowest BCUT2D eigenvalue weighted by molar-refractivity contribution is -0.138. The van der Waals surface area contributed by atoms with Crippen molar-refractivity contribution in [2.45, 2.75) is 32.1 Å². The fourth-order valence-electron chi connectivity index (χ4n) is 4.91. The number of likely N-dealkylation sites (tertiary alicyclic amines) is 1. The van der Waals surface area contributed by atoms with E-state index in [1.165, 1.54) is 19.3 Å². The Bertz CT molecular complexity index is 654. The van der Waals surface area contributed by atoms with Crippen LogP contribution in [0.15, 0.2) is 24.5 Å². The van der Waals surface area contributed by atoms with E-state index in [-0.39, 0.29) is 23.1 Å². The third-order valence-electron chi connectivity index (χ3n) is 6.33. The van der Waals surface area contributed by atoms with E-state index < -0.39 is 0 Å². The van der Waals surface area contributed by atoms with Crippen molar-refractivity contribution in [3.8, 4) is 0 Å². The predicted octanol–water partition coefficient (Wildman–Crippen LogP) is 2.68. The predicted molar refractivity (Wildman–Crippen MR) is 103 cm³/mol. The van der Waals surface area contributed by atoms with Crippen LogP contribution in [0, 0.1) is 11.3 Å². The summed E-state index contributed by atoms with van der Waals surface area (Å²) >= 11 is 1.92. The Hall–Kier alpha value is -1.56. The zero-order chi connectivity index (χ0) is 18.0. The molecule has 2 aliphatic heterocycles. The molecule has 2 saturated heterocycles. The van der Waals surface area contributed by atoms with Crippen LogP contribution in [0.3, 0.4) is 0 Å². The third kappa shape index (κ3) is 3.36. The molecular formula is C20H27N3O2S. The van der Waals surface area contributed by atoms with Crippen LogP contribution in [0.2, 0.25) is 0 Å². The van der Waals surface area contributed by atoms with Crippen LogP contribution in [0.4, 0.5) is 0 Å². The second-order valence-corrected chi connectivity index (χ2v) is 9.06. The summed E-state index contributed by atoms with van der Waals surface area (Å²) in [6, 6.07) is 3.54.